The van der Waals surface area contributed by atoms with Crippen molar-refractivity contribution < 1.29 is 29.1 Å². The number of nitrogens with zero attached hydrogens (tertiary/aromatic N) is 3. The molecule has 2 aromatic carbocycles. The number of ether oxygens (including phenoxy) is 2. The predicted molar refractivity (Wildman–Crippen MR) is 130 cm³/mol. The number of Topliss-reactive ketones (excluding diaryl/α,β-unsaturated/α-hetero) is 1. The van der Waals surface area contributed by atoms with E-state index in [0.717, 1.165) is 11.3 Å². The van der Waals surface area contributed by atoms with Gasteiger partial charge in [0.15, 0.2) is 0 Å². The van der Waals surface area contributed by atoms with Gasteiger partial charge in [-0.3, -0.25) is 24.6 Å². The van der Waals surface area contributed by atoms with Gasteiger partial charge in [0.2, 0.25) is 0 Å². The Labute approximate surface area is 207 Å². The van der Waals surface area contributed by atoms with Crippen LogP contribution in [0.4, 0.5) is 5.69 Å². The number of benzene rings is 2. The number of carbonyl (C=O) groups is 2. The second-order valence-electron chi connectivity index (χ2n) is 9.25. The minimum Gasteiger partial charge on any atom is -0.507 e. The predicted octanol–water partition coefficient (Wildman–Crippen LogP) is 2.67. The van der Waals surface area contributed by atoms with Crippen LogP contribution in [0.15, 0.2) is 48.0 Å². The van der Waals surface area contributed by atoms with E-state index in [1.54, 1.807) is 24.3 Å². The number of amides is 1. The first-order chi connectivity index (χ1) is 17.3. The third-order valence-corrected chi connectivity index (χ3v) is 6.87. The molecular formula is C26H27N3O7. The number of aliphatic hydroxyl groups excluding tert-OH is 1. The Morgan fingerprint density at radius 2 is 1.92 bits per heavy atom. The fraction of sp³-hybridized carbons (Fsp3) is 0.385. The quantitative estimate of drug-likeness (QED) is 0.214. The van der Waals surface area contributed by atoms with Crippen molar-refractivity contribution in [3.05, 3.63) is 74.8 Å². The molecule has 3 heterocycles. The van der Waals surface area contributed by atoms with E-state index in [1.165, 1.54) is 23.1 Å². The van der Waals surface area contributed by atoms with E-state index in [0.29, 0.717) is 50.4 Å². The van der Waals surface area contributed by atoms with E-state index >= 15 is 0 Å². The Bertz CT molecular complexity index is 1250. The van der Waals surface area contributed by atoms with Crippen molar-refractivity contribution in [2.45, 2.75) is 25.5 Å². The number of morpholine rings is 1. The van der Waals surface area contributed by atoms with Gasteiger partial charge in [-0.25, -0.2) is 0 Å². The van der Waals surface area contributed by atoms with Crippen LogP contribution in [0, 0.1) is 10.1 Å². The highest BCUT2D eigenvalue weighted by Crippen LogP contribution is 2.41. The maximum absolute atomic E-state index is 13.3. The van der Waals surface area contributed by atoms with Gasteiger partial charge in [0.25, 0.3) is 17.4 Å². The maximum atomic E-state index is 13.3. The first-order valence-corrected chi connectivity index (χ1v) is 12.0. The van der Waals surface area contributed by atoms with Crippen LogP contribution in [0.1, 0.15) is 29.7 Å². The summed E-state index contributed by atoms with van der Waals surface area (Å²) in [4.78, 5) is 40.9. The molecule has 2 unspecified atom stereocenters. The molecule has 0 bridgehead atoms. The molecule has 2 aromatic rings. The molecule has 2 atom stereocenters. The summed E-state index contributed by atoms with van der Waals surface area (Å²) in [5.74, 6) is -1.13. The van der Waals surface area contributed by atoms with E-state index in [-0.39, 0.29) is 29.7 Å². The molecule has 188 valence electrons. The lowest BCUT2D eigenvalue weighted by atomic mass is 9.94. The third kappa shape index (κ3) is 4.45. The number of nitro groups is 1. The smallest absolute Gasteiger partial charge is 0.295 e. The molecule has 2 saturated heterocycles. The van der Waals surface area contributed by atoms with Crippen molar-refractivity contribution in [2.24, 2.45) is 0 Å². The van der Waals surface area contributed by atoms with Crippen LogP contribution in [0.2, 0.25) is 0 Å². The average Bonchev–Trinajstić information content (AvgIpc) is 3.38. The van der Waals surface area contributed by atoms with Crippen LogP contribution in [0.5, 0.6) is 5.75 Å². The average molecular weight is 494 g/mol. The van der Waals surface area contributed by atoms with Crippen molar-refractivity contribution in [1.82, 2.24) is 9.80 Å². The monoisotopic (exact) mass is 493 g/mol. The minimum atomic E-state index is -0.950. The van der Waals surface area contributed by atoms with Crippen molar-refractivity contribution in [3.8, 4) is 5.75 Å². The van der Waals surface area contributed by atoms with E-state index in [1.807, 2.05) is 6.92 Å². The second kappa shape index (κ2) is 9.71. The molecule has 5 rings (SSSR count). The zero-order valence-corrected chi connectivity index (χ0v) is 19.9. The Hall–Kier alpha value is -3.76. The molecule has 3 aliphatic heterocycles. The Morgan fingerprint density at radius 1 is 1.14 bits per heavy atom. The molecular weight excluding hydrogens is 466 g/mol. The third-order valence-electron chi connectivity index (χ3n) is 6.87. The number of hydrogen-bond donors (Lipinski definition) is 1. The number of rotatable bonds is 6. The lowest BCUT2D eigenvalue weighted by Gasteiger charge is -2.31. The normalized spacial score (nSPS) is 23.5. The fourth-order valence-corrected chi connectivity index (χ4v) is 5.06. The molecule has 1 N–H and O–H groups in total. The largest absolute Gasteiger partial charge is 0.507 e. The van der Waals surface area contributed by atoms with E-state index < -0.39 is 22.7 Å². The molecule has 0 aliphatic carbocycles. The fourth-order valence-electron chi connectivity index (χ4n) is 5.06. The van der Waals surface area contributed by atoms with Gasteiger partial charge < -0.3 is 19.5 Å². The zero-order chi connectivity index (χ0) is 25.4. The van der Waals surface area contributed by atoms with Crippen molar-refractivity contribution >= 4 is 23.1 Å². The zero-order valence-electron chi connectivity index (χ0n) is 19.9. The summed E-state index contributed by atoms with van der Waals surface area (Å²) in [7, 11) is 0. The number of nitro benzene ring substituents is 1. The molecule has 1 amide bonds. The lowest BCUT2D eigenvalue weighted by molar-refractivity contribution is -0.384. The van der Waals surface area contributed by atoms with Crippen molar-refractivity contribution in [1.29, 1.82) is 0 Å². The van der Waals surface area contributed by atoms with Gasteiger partial charge in [0, 0.05) is 50.3 Å². The van der Waals surface area contributed by atoms with E-state index in [9.17, 15) is 24.8 Å². The molecule has 3 aliphatic rings. The highest BCUT2D eigenvalue weighted by atomic mass is 16.6. The van der Waals surface area contributed by atoms with Gasteiger partial charge in [-0.15, -0.1) is 0 Å². The van der Waals surface area contributed by atoms with Crippen LogP contribution in [0.25, 0.3) is 5.76 Å². The maximum Gasteiger partial charge on any atom is 0.295 e. The number of likely N-dealkylation sites (tertiary alicyclic amines) is 1. The number of fused-ring (bicyclic) bond motifs is 1. The number of hydrogen-bond acceptors (Lipinski definition) is 8. The highest BCUT2D eigenvalue weighted by molar-refractivity contribution is 6.46. The van der Waals surface area contributed by atoms with E-state index in [2.05, 4.69) is 4.90 Å². The first-order valence-electron chi connectivity index (χ1n) is 12.0. The second-order valence-corrected chi connectivity index (χ2v) is 9.25. The molecule has 10 nitrogen and oxygen atoms in total. The standard InChI is InChI=1S/C26H27N3O7/c1-16-13-19-14-18(5-6-21(19)36-16)24(30)22-23(17-3-2-4-20(15-17)29(33)34)28(26(32)25(22)31)8-7-27-9-11-35-12-10-27/h2-6,14-16,23,30H,7-13H2,1H3/b24-22+. The molecule has 0 aromatic heterocycles. The highest BCUT2D eigenvalue weighted by Gasteiger charge is 2.46. The molecule has 2 fully saturated rings. The summed E-state index contributed by atoms with van der Waals surface area (Å²) in [6.45, 7) is 5.28. The Kier molecular flexibility index (Phi) is 6.46. The van der Waals surface area contributed by atoms with Gasteiger partial charge in [-0.05, 0) is 36.2 Å². The molecule has 10 heteroatoms. The van der Waals surface area contributed by atoms with Gasteiger partial charge in [-0.2, -0.15) is 0 Å². The Morgan fingerprint density at radius 3 is 2.67 bits per heavy atom. The summed E-state index contributed by atoms with van der Waals surface area (Å²) in [5.41, 5.74) is 1.46. The van der Waals surface area contributed by atoms with Crippen LogP contribution >= 0.6 is 0 Å². The molecule has 0 spiro atoms. The van der Waals surface area contributed by atoms with Crippen molar-refractivity contribution in [3.63, 3.8) is 0 Å². The van der Waals surface area contributed by atoms with Crippen LogP contribution in [0.3, 0.4) is 0 Å². The first kappa shape index (κ1) is 24.0. The van der Waals surface area contributed by atoms with Gasteiger partial charge in [0.05, 0.1) is 29.8 Å². The number of non-ortho nitro benzene ring substituents is 1. The number of ketones is 1. The summed E-state index contributed by atoms with van der Waals surface area (Å²) in [6, 6.07) is 10.1. The van der Waals surface area contributed by atoms with Gasteiger partial charge >= 0.3 is 0 Å². The van der Waals surface area contributed by atoms with Crippen LogP contribution in [-0.4, -0.2) is 77.0 Å². The molecule has 0 saturated carbocycles. The summed E-state index contributed by atoms with van der Waals surface area (Å²) < 4.78 is 11.1. The number of aliphatic hydroxyl groups is 1. The SMILES string of the molecule is CC1Cc2cc(/C(O)=C3\C(=O)C(=O)N(CCN4CCOCC4)C3c3cccc([N+](=O)[O-])c3)ccc2O1. The summed E-state index contributed by atoms with van der Waals surface area (Å²) >= 11 is 0. The number of carbonyl (C=O) groups excluding carboxylic acids is 2. The summed E-state index contributed by atoms with van der Waals surface area (Å²) in [5, 5.41) is 22.8. The van der Waals surface area contributed by atoms with Crippen LogP contribution < -0.4 is 4.74 Å². The van der Waals surface area contributed by atoms with Gasteiger partial charge in [0.1, 0.15) is 17.6 Å². The van der Waals surface area contributed by atoms with Crippen molar-refractivity contribution in [2.75, 3.05) is 39.4 Å². The summed E-state index contributed by atoms with van der Waals surface area (Å²) in [6.07, 6.45) is 0.673. The Balaban J connectivity index is 1.56. The minimum absolute atomic E-state index is 0.00744. The molecule has 0 radical (unpaired) electrons. The lowest BCUT2D eigenvalue weighted by Crippen LogP contribution is -2.42. The van der Waals surface area contributed by atoms with E-state index in [4.69, 9.17) is 9.47 Å². The van der Waals surface area contributed by atoms with Gasteiger partial charge in [-0.1, -0.05) is 12.1 Å². The topological polar surface area (TPSA) is 122 Å². The van der Waals surface area contributed by atoms with Crippen LogP contribution in [-0.2, 0) is 20.7 Å². The molecule has 36 heavy (non-hydrogen) atoms.